The first kappa shape index (κ1) is 18.7. The molecule has 3 rings (SSSR count). The van der Waals surface area contributed by atoms with Crippen molar-refractivity contribution in [3.8, 4) is 11.5 Å². The van der Waals surface area contributed by atoms with Gasteiger partial charge in [-0.2, -0.15) is 0 Å². The molecule has 0 aliphatic carbocycles. The van der Waals surface area contributed by atoms with Crippen LogP contribution in [0.5, 0.6) is 11.5 Å². The van der Waals surface area contributed by atoms with Crippen LogP contribution in [0.3, 0.4) is 0 Å². The highest BCUT2D eigenvalue weighted by Crippen LogP contribution is 2.29. The first-order valence-electron chi connectivity index (χ1n) is 8.17. The third-order valence-corrected chi connectivity index (χ3v) is 4.57. The van der Waals surface area contributed by atoms with Gasteiger partial charge in [0.15, 0.2) is 0 Å². The van der Waals surface area contributed by atoms with E-state index in [1.165, 1.54) is 17.4 Å². The Balaban J connectivity index is 1.92. The molecule has 1 unspecified atom stereocenters. The van der Waals surface area contributed by atoms with Crippen LogP contribution in [0.2, 0.25) is 0 Å². The molecule has 7 nitrogen and oxygen atoms in total. The summed E-state index contributed by atoms with van der Waals surface area (Å²) in [6.45, 7) is 0. The van der Waals surface area contributed by atoms with Crippen LogP contribution in [-0.2, 0) is 11.8 Å². The van der Waals surface area contributed by atoms with Crippen molar-refractivity contribution in [1.29, 1.82) is 0 Å². The Bertz CT molecular complexity index is 912. The van der Waals surface area contributed by atoms with E-state index in [1.807, 2.05) is 35.3 Å². The lowest BCUT2D eigenvalue weighted by molar-refractivity contribution is -0.117. The lowest BCUT2D eigenvalue weighted by Gasteiger charge is -2.20. The molecule has 0 saturated heterocycles. The maximum absolute atomic E-state index is 12.5. The Morgan fingerprint density at radius 3 is 2.52 bits per heavy atom. The summed E-state index contributed by atoms with van der Waals surface area (Å²) in [5.41, 5.74) is 3.26. The van der Waals surface area contributed by atoms with Crippen molar-refractivity contribution >= 4 is 23.3 Å². The van der Waals surface area contributed by atoms with Crippen LogP contribution in [0.1, 0.15) is 23.1 Å². The molecule has 1 atom stereocenters. The Morgan fingerprint density at radius 2 is 1.96 bits per heavy atom. The number of hydrogen-bond donors (Lipinski definition) is 1. The molecule has 2 aromatic heterocycles. The number of aryl methyl sites for hydroxylation is 1. The number of hydrogen-bond acceptors (Lipinski definition) is 6. The maximum atomic E-state index is 12.5. The van der Waals surface area contributed by atoms with Crippen molar-refractivity contribution < 1.29 is 14.3 Å². The predicted octanol–water partition coefficient (Wildman–Crippen LogP) is 2.81. The number of carbonyl (C=O) groups excluding carboxylic acids is 1. The van der Waals surface area contributed by atoms with Crippen LogP contribution in [0, 0.1) is 0 Å². The van der Waals surface area contributed by atoms with Gasteiger partial charge in [0.25, 0.3) is 0 Å². The molecular weight excluding hydrogens is 364 g/mol. The molecule has 140 valence electrons. The molecule has 0 fully saturated rings. The van der Waals surface area contributed by atoms with Gasteiger partial charge in [-0.05, 0) is 23.8 Å². The second-order valence-corrected chi connectivity index (χ2v) is 6.45. The summed E-state index contributed by atoms with van der Waals surface area (Å²) < 4.78 is 12.6. The average Bonchev–Trinajstić information content (AvgIpc) is 3.35. The van der Waals surface area contributed by atoms with E-state index in [2.05, 4.69) is 15.3 Å². The van der Waals surface area contributed by atoms with Crippen molar-refractivity contribution in [3.63, 3.8) is 0 Å². The van der Waals surface area contributed by atoms with Crippen molar-refractivity contribution in [2.75, 3.05) is 14.2 Å². The fraction of sp³-hybridized carbons (Fsp3) is 0.211. The van der Waals surface area contributed by atoms with Gasteiger partial charge >= 0.3 is 0 Å². The molecule has 2 heterocycles. The third-order valence-electron chi connectivity index (χ3n) is 3.97. The summed E-state index contributed by atoms with van der Waals surface area (Å²) in [6, 6.07) is 5.02. The molecule has 0 bridgehead atoms. The van der Waals surface area contributed by atoms with E-state index in [9.17, 15) is 4.79 Å². The minimum Gasteiger partial charge on any atom is -0.497 e. The first-order chi connectivity index (χ1) is 13.1. The van der Waals surface area contributed by atoms with Crippen molar-refractivity contribution in [2.45, 2.75) is 6.04 Å². The number of carbonyl (C=O) groups is 1. The number of nitrogens with one attached hydrogen (secondary N) is 1. The molecule has 27 heavy (non-hydrogen) atoms. The van der Waals surface area contributed by atoms with Gasteiger partial charge in [0, 0.05) is 37.0 Å². The quantitative estimate of drug-likeness (QED) is 0.634. The van der Waals surface area contributed by atoms with Gasteiger partial charge in [-0.1, -0.05) is 0 Å². The molecule has 0 radical (unpaired) electrons. The van der Waals surface area contributed by atoms with E-state index in [0.29, 0.717) is 17.3 Å². The van der Waals surface area contributed by atoms with Crippen LogP contribution in [-0.4, -0.2) is 34.7 Å². The van der Waals surface area contributed by atoms with Gasteiger partial charge in [-0.15, -0.1) is 11.3 Å². The Morgan fingerprint density at radius 1 is 1.22 bits per heavy atom. The Labute approximate surface area is 161 Å². The summed E-state index contributed by atoms with van der Waals surface area (Å²) in [5.74, 6) is 1.71. The normalized spacial score (nSPS) is 12.1. The number of methoxy groups -OCH3 is 2. The van der Waals surface area contributed by atoms with Gasteiger partial charge in [-0.25, -0.2) is 9.97 Å². The van der Waals surface area contributed by atoms with E-state index in [1.54, 1.807) is 38.1 Å². The molecule has 0 spiro atoms. The van der Waals surface area contributed by atoms with Gasteiger partial charge in [0.2, 0.25) is 5.91 Å². The number of aromatic nitrogens is 3. The molecule has 0 aliphatic rings. The number of thiazole rings is 1. The molecule has 1 amide bonds. The topological polar surface area (TPSA) is 78.3 Å². The first-order valence-corrected chi connectivity index (χ1v) is 9.12. The Hall–Kier alpha value is -3.13. The van der Waals surface area contributed by atoms with Crippen molar-refractivity contribution in [3.05, 3.63) is 64.6 Å². The molecule has 8 heteroatoms. The summed E-state index contributed by atoms with van der Waals surface area (Å²) in [6.07, 6.45) is 6.66. The van der Waals surface area contributed by atoms with Crippen LogP contribution in [0.4, 0.5) is 0 Å². The van der Waals surface area contributed by atoms with Crippen LogP contribution in [0.25, 0.3) is 6.08 Å². The second-order valence-electron chi connectivity index (χ2n) is 5.73. The van der Waals surface area contributed by atoms with Crippen molar-refractivity contribution in [1.82, 2.24) is 19.9 Å². The van der Waals surface area contributed by atoms with Gasteiger partial charge in [-0.3, -0.25) is 4.79 Å². The van der Waals surface area contributed by atoms with E-state index < -0.39 is 6.04 Å². The van der Waals surface area contributed by atoms with Gasteiger partial charge in [0.1, 0.15) is 23.4 Å². The highest BCUT2D eigenvalue weighted by atomic mass is 32.1. The summed E-state index contributed by atoms with van der Waals surface area (Å²) in [4.78, 5) is 21.1. The maximum Gasteiger partial charge on any atom is 0.244 e. The Kier molecular flexibility index (Phi) is 5.87. The van der Waals surface area contributed by atoms with Crippen molar-refractivity contribution in [2.24, 2.45) is 7.05 Å². The zero-order chi connectivity index (χ0) is 19.2. The summed E-state index contributed by atoms with van der Waals surface area (Å²) in [5, 5.41) is 4.87. The average molecular weight is 384 g/mol. The molecular formula is C19H20N4O3S. The predicted molar refractivity (Wildman–Crippen MR) is 104 cm³/mol. The fourth-order valence-corrected chi connectivity index (χ4v) is 3.13. The second kappa shape index (κ2) is 8.50. The van der Waals surface area contributed by atoms with Gasteiger partial charge < -0.3 is 19.4 Å². The molecule has 3 aromatic rings. The highest BCUT2D eigenvalue weighted by Gasteiger charge is 2.21. The standard InChI is InChI=1S/C19H20N4O3S/c1-23-7-6-20-19(23)18(13-8-15(25-2)10-16(9-13)26-3)22-17(24)5-4-14-11-27-12-21-14/h4-12,18H,1-3H3,(H,22,24)/b5-4+. The number of nitrogens with zero attached hydrogens (tertiary/aromatic N) is 3. The van der Waals surface area contributed by atoms with E-state index >= 15 is 0 Å². The number of benzene rings is 1. The zero-order valence-corrected chi connectivity index (χ0v) is 16.1. The highest BCUT2D eigenvalue weighted by molar-refractivity contribution is 7.07. The largest absolute Gasteiger partial charge is 0.497 e. The smallest absolute Gasteiger partial charge is 0.244 e. The lowest BCUT2D eigenvalue weighted by Crippen LogP contribution is -2.29. The van der Waals surface area contributed by atoms with Gasteiger partial charge in [0.05, 0.1) is 25.4 Å². The molecule has 0 saturated carbocycles. The molecule has 1 aromatic carbocycles. The number of rotatable bonds is 7. The minimum absolute atomic E-state index is 0.252. The molecule has 0 aliphatic heterocycles. The number of imidazole rings is 1. The third kappa shape index (κ3) is 4.53. The van der Waals surface area contributed by atoms with E-state index in [0.717, 1.165) is 11.3 Å². The van der Waals surface area contributed by atoms with E-state index in [4.69, 9.17) is 9.47 Å². The van der Waals surface area contributed by atoms with Crippen LogP contribution < -0.4 is 14.8 Å². The molecule has 1 N–H and O–H groups in total. The fourth-order valence-electron chi connectivity index (χ4n) is 2.60. The summed E-state index contributed by atoms with van der Waals surface area (Å²) in [7, 11) is 5.05. The monoisotopic (exact) mass is 384 g/mol. The van der Waals surface area contributed by atoms with Crippen LogP contribution >= 0.6 is 11.3 Å². The number of amides is 1. The summed E-state index contributed by atoms with van der Waals surface area (Å²) >= 11 is 1.47. The van der Waals surface area contributed by atoms with Crippen LogP contribution in [0.15, 0.2) is 47.6 Å². The minimum atomic E-state index is -0.471. The lowest BCUT2D eigenvalue weighted by atomic mass is 10.0. The van der Waals surface area contributed by atoms with E-state index in [-0.39, 0.29) is 5.91 Å². The SMILES string of the molecule is COc1cc(OC)cc(C(NC(=O)/C=C/c2cscn2)c2nccn2C)c1. The zero-order valence-electron chi connectivity index (χ0n) is 15.2. The number of ether oxygens (including phenoxy) is 2.